The van der Waals surface area contributed by atoms with Crippen LogP contribution >= 0.6 is 0 Å². The lowest BCUT2D eigenvalue weighted by Gasteiger charge is -2.10. The SMILES string of the molecule is CCOc1ccccc1C(=O)NCC(=O)OCc1cc(-c2ccccc2)on1. The lowest BCUT2D eigenvalue weighted by Crippen LogP contribution is -2.30. The van der Waals surface area contributed by atoms with Gasteiger partial charge in [0, 0.05) is 11.6 Å². The molecular formula is C21H20N2O5. The van der Waals surface area contributed by atoms with E-state index in [-0.39, 0.29) is 13.2 Å². The lowest BCUT2D eigenvalue weighted by atomic mass is 10.2. The molecule has 0 saturated carbocycles. The van der Waals surface area contributed by atoms with Gasteiger partial charge in [0.25, 0.3) is 5.91 Å². The Morgan fingerprint density at radius 3 is 2.61 bits per heavy atom. The summed E-state index contributed by atoms with van der Waals surface area (Å²) in [7, 11) is 0. The van der Waals surface area contributed by atoms with Gasteiger partial charge in [-0.05, 0) is 19.1 Å². The Bertz CT molecular complexity index is 937. The van der Waals surface area contributed by atoms with Crippen LogP contribution < -0.4 is 10.1 Å². The number of carbonyl (C=O) groups is 2. The van der Waals surface area contributed by atoms with Gasteiger partial charge in [-0.1, -0.05) is 47.6 Å². The van der Waals surface area contributed by atoms with Crippen LogP contribution in [0.2, 0.25) is 0 Å². The third kappa shape index (κ3) is 4.97. The van der Waals surface area contributed by atoms with Crippen molar-refractivity contribution in [2.75, 3.05) is 13.2 Å². The molecule has 0 aliphatic rings. The number of aromatic nitrogens is 1. The van der Waals surface area contributed by atoms with Gasteiger partial charge in [0.15, 0.2) is 5.76 Å². The molecule has 1 N–H and O–H groups in total. The molecule has 2 aromatic carbocycles. The number of nitrogens with zero attached hydrogens (tertiary/aromatic N) is 1. The summed E-state index contributed by atoms with van der Waals surface area (Å²) in [5.41, 5.74) is 1.73. The summed E-state index contributed by atoms with van der Waals surface area (Å²) >= 11 is 0. The molecule has 0 atom stereocenters. The average molecular weight is 380 g/mol. The highest BCUT2D eigenvalue weighted by Gasteiger charge is 2.14. The molecule has 0 radical (unpaired) electrons. The molecule has 7 nitrogen and oxygen atoms in total. The first-order valence-electron chi connectivity index (χ1n) is 8.84. The van der Waals surface area contributed by atoms with Gasteiger partial charge in [0.05, 0.1) is 12.2 Å². The second-order valence-corrected chi connectivity index (χ2v) is 5.82. The highest BCUT2D eigenvalue weighted by Crippen LogP contribution is 2.20. The van der Waals surface area contributed by atoms with E-state index in [1.54, 1.807) is 30.3 Å². The van der Waals surface area contributed by atoms with Crippen LogP contribution in [0, 0.1) is 0 Å². The minimum atomic E-state index is -0.577. The Balaban J connectivity index is 1.49. The zero-order valence-corrected chi connectivity index (χ0v) is 15.4. The minimum Gasteiger partial charge on any atom is -0.493 e. The Morgan fingerprint density at radius 1 is 1.07 bits per heavy atom. The van der Waals surface area contributed by atoms with E-state index in [2.05, 4.69) is 10.5 Å². The molecule has 1 heterocycles. The zero-order chi connectivity index (χ0) is 19.8. The molecule has 3 aromatic rings. The van der Waals surface area contributed by atoms with E-state index in [1.165, 1.54) is 0 Å². The highest BCUT2D eigenvalue weighted by atomic mass is 16.5. The fourth-order valence-electron chi connectivity index (χ4n) is 2.51. The predicted octanol–water partition coefficient (Wildman–Crippen LogP) is 3.21. The number of esters is 1. The summed E-state index contributed by atoms with van der Waals surface area (Å²) in [6.07, 6.45) is 0. The van der Waals surface area contributed by atoms with Crippen LogP contribution in [-0.4, -0.2) is 30.2 Å². The van der Waals surface area contributed by atoms with Crippen LogP contribution in [-0.2, 0) is 16.1 Å². The van der Waals surface area contributed by atoms with Gasteiger partial charge in [0.1, 0.15) is 24.6 Å². The van der Waals surface area contributed by atoms with E-state index in [0.29, 0.717) is 29.4 Å². The van der Waals surface area contributed by atoms with Crippen LogP contribution in [0.5, 0.6) is 5.75 Å². The van der Waals surface area contributed by atoms with E-state index in [1.807, 2.05) is 37.3 Å². The molecule has 7 heteroatoms. The molecule has 1 amide bonds. The quantitative estimate of drug-likeness (QED) is 0.604. The fraction of sp³-hybridized carbons (Fsp3) is 0.190. The Kier molecular flexibility index (Phi) is 6.41. The number of benzene rings is 2. The maximum absolute atomic E-state index is 12.3. The smallest absolute Gasteiger partial charge is 0.325 e. The van der Waals surface area contributed by atoms with E-state index < -0.39 is 11.9 Å². The van der Waals surface area contributed by atoms with Crippen molar-refractivity contribution in [2.45, 2.75) is 13.5 Å². The van der Waals surface area contributed by atoms with E-state index in [4.69, 9.17) is 14.0 Å². The number of para-hydroxylation sites is 1. The normalized spacial score (nSPS) is 10.3. The number of hydrogen-bond acceptors (Lipinski definition) is 6. The molecular weight excluding hydrogens is 360 g/mol. The average Bonchev–Trinajstić information content (AvgIpc) is 3.21. The van der Waals surface area contributed by atoms with Gasteiger partial charge < -0.3 is 19.3 Å². The van der Waals surface area contributed by atoms with Gasteiger partial charge in [-0.15, -0.1) is 0 Å². The molecule has 0 bridgehead atoms. The van der Waals surface area contributed by atoms with Gasteiger partial charge in [-0.25, -0.2) is 0 Å². The van der Waals surface area contributed by atoms with Crippen molar-refractivity contribution >= 4 is 11.9 Å². The highest BCUT2D eigenvalue weighted by molar-refractivity contribution is 5.98. The number of nitrogens with one attached hydrogen (secondary N) is 1. The van der Waals surface area contributed by atoms with Crippen LogP contribution in [0.3, 0.4) is 0 Å². The zero-order valence-electron chi connectivity index (χ0n) is 15.4. The third-order valence-corrected chi connectivity index (χ3v) is 3.82. The standard InChI is InChI=1S/C21H20N2O5/c1-2-26-18-11-7-6-10-17(18)21(25)22-13-20(24)27-14-16-12-19(28-23-16)15-8-4-3-5-9-15/h3-12H,2,13-14H2,1H3,(H,22,25). The first-order valence-corrected chi connectivity index (χ1v) is 8.84. The topological polar surface area (TPSA) is 90.7 Å². The first-order chi connectivity index (χ1) is 13.7. The molecule has 0 spiro atoms. The minimum absolute atomic E-state index is 0.0411. The molecule has 0 fully saturated rings. The largest absolute Gasteiger partial charge is 0.493 e. The van der Waals surface area contributed by atoms with Crippen molar-refractivity contribution in [3.8, 4) is 17.1 Å². The van der Waals surface area contributed by atoms with E-state index in [9.17, 15) is 9.59 Å². The first kappa shape index (κ1) is 19.2. The summed E-state index contributed by atoms with van der Waals surface area (Å²) in [6, 6.07) is 18.0. The molecule has 0 aliphatic heterocycles. The summed E-state index contributed by atoms with van der Waals surface area (Å²) in [5.74, 6) is 0.0692. The molecule has 0 unspecified atom stereocenters. The van der Waals surface area contributed by atoms with Crippen molar-refractivity contribution in [3.05, 3.63) is 71.9 Å². The van der Waals surface area contributed by atoms with Gasteiger partial charge >= 0.3 is 5.97 Å². The molecule has 1 aromatic heterocycles. The van der Waals surface area contributed by atoms with Crippen molar-refractivity contribution in [1.82, 2.24) is 10.5 Å². The molecule has 28 heavy (non-hydrogen) atoms. The van der Waals surface area contributed by atoms with Crippen molar-refractivity contribution in [1.29, 1.82) is 0 Å². The lowest BCUT2D eigenvalue weighted by molar-refractivity contribution is -0.143. The fourth-order valence-corrected chi connectivity index (χ4v) is 2.51. The number of carbonyl (C=O) groups excluding carboxylic acids is 2. The molecule has 144 valence electrons. The van der Waals surface area contributed by atoms with Gasteiger partial charge in [-0.2, -0.15) is 0 Å². The van der Waals surface area contributed by atoms with Crippen LogP contribution in [0.4, 0.5) is 0 Å². The summed E-state index contributed by atoms with van der Waals surface area (Å²) < 4.78 is 15.8. The number of ether oxygens (including phenoxy) is 2. The van der Waals surface area contributed by atoms with Crippen molar-refractivity contribution < 1.29 is 23.6 Å². The summed E-state index contributed by atoms with van der Waals surface area (Å²) in [6.45, 7) is 1.97. The van der Waals surface area contributed by atoms with Crippen LogP contribution in [0.15, 0.2) is 65.2 Å². The Morgan fingerprint density at radius 2 is 1.82 bits per heavy atom. The number of rotatable bonds is 8. The van der Waals surface area contributed by atoms with Crippen LogP contribution in [0.1, 0.15) is 23.0 Å². The van der Waals surface area contributed by atoms with Gasteiger partial charge in [-0.3, -0.25) is 9.59 Å². The molecule has 0 aliphatic carbocycles. The summed E-state index contributed by atoms with van der Waals surface area (Å²) in [5, 5.41) is 6.41. The summed E-state index contributed by atoms with van der Waals surface area (Å²) in [4.78, 5) is 24.2. The van der Waals surface area contributed by atoms with Crippen LogP contribution in [0.25, 0.3) is 11.3 Å². The third-order valence-electron chi connectivity index (χ3n) is 3.82. The second-order valence-electron chi connectivity index (χ2n) is 5.82. The Labute approximate surface area is 162 Å². The maximum atomic E-state index is 12.3. The molecule has 0 saturated heterocycles. The van der Waals surface area contributed by atoms with Gasteiger partial charge in [0.2, 0.25) is 0 Å². The predicted molar refractivity (Wildman–Crippen MR) is 102 cm³/mol. The second kappa shape index (κ2) is 9.36. The Hall–Kier alpha value is -3.61. The number of amides is 1. The molecule has 3 rings (SSSR count). The number of hydrogen-bond donors (Lipinski definition) is 1. The maximum Gasteiger partial charge on any atom is 0.325 e. The van der Waals surface area contributed by atoms with Crippen molar-refractivity contribution in [2.24, 2.45) is 0 Å². The van der Waals surface area contributed by atoms with Crippen molar-refractivity contribution in [3.63, 3.8) is 0 Å². The monoisotopic (exact) mass is 380 g/mol. The van der Waals surface area contributed by atoms with E-state index >= 15 is 0 Å². The van der Waals surface area contributed by atoms with E-state index in [0.717, 1.165) is 5.56 Å².